The third kappa shape index (κ3) is 2.96. The third-order valence-electron chi connectivity index (χ3n) is 5.49. The second-order valence-corrected chi connectivity index (χ2v) is 7.10. The average Bonchev–Trinajstić information content (AvgIpc) is 3.04. The SMILES string of the molecule is [C-]#[N+]/C(C#N)=c1\c(=O)c2ccc(Oc3ccc(C(C)CC)cc3)c3cccc1c32. The molecule has 4 nitrogen and oxygen atoms in total. The number of hydrogen-bond acceptors (Lipinski definition) is 3. The van der Waals surface area contributed by atoms with Crippen molar-refractivity contribution < 1.29 is 4.74 Å². The van der Waals surface area contributed by atoms with Crippen molar-refractivity contribution >= 4 is 27.2 Å². The maximum atomic E-state index is 12.8. The summed E-state index contributed by atoms with van der Waals surface area (Å²) in [6, 6.07) is 18.9. The highest BCUT2D eigenvalue weighted by Gasteiger charge is 2.17. The Bertz CT molecular complexity index is 1390. The Morgan fingerprint density at radius 1 is 1.10 bits per heavy atom. The summed E-state index contributed by atoms with van der Waals surface area (Å²) in [6.45, 7) is 11.6. The fourth-order valence-electron chi connectivity index (χ4n) is 3.72. The van der Waals surface area contributed by atoms with E-state index in [1.165, 1.54) is 5.56 Å². The largest absolute Gasteiger partial charge is 0.457 e. The van der Waals surface area contributed by atoms with Crippen molar-refractivity contribution in [2.45, 2.75) is 26.2 Å². The predicted molar refractivity (Wildman–Crippen MR) is 115 cm³/mol. The van der Waals surface area contributed by atoms with Crippen LogP contribution in [-0.4, -0.2) is 0 Å². The van der Waals surface area contributed by atoms with E-state index in [2.05, 4.69) is 30.8 Å². The standard InChI is InChI=1S/C25H18N2O2/c1-4-15(2)16-8-10-17(11-9-16)29-22-13-12-20-23-18(22)6-5-7-19(23)24(25(20)28)21(14-26)27-3/h5-13,15H,4H2,1-2H3/b24-21-. The molecule has 0 bridgehead atoms. The predicted octanol–water partition coefficient (Wildman–Crippen LogP) is 5.37. The van der Waals surface area contributed by atoms with E-state index in [9.17, 15) is 10.1 Å². The Hall–Kier alpha value is -3.89. The van der Waals surface area contributed by atoms with Crippen LogP contribution in [0.15, 0.2) is 59.4 Å². The smallest absolute Gasteiger partial charge is 0.273 e. The zero-order chi connectivity index (χ0) is 20.5. The quantitative estimate of drug-likeness (QED) is 0.449. The molecule has 0 N–H and O–H groups in total. The second kappa shape index (κ2) is 7.26. The minimum atomic E-state index is -0.284. The van der Waals surface area contributed by atoms with Gasteiger partial charge in [-0.1, -0.05) is 44.2 Å². The Balaban J connectivity index is 1.88. The molecule has 0 radical (unpaired) electrons. The molecule has 0 amide bonds. The number of benzene rings is 3. The van der Waals surface area contributed by atoms with Gasteiger partial charge in [-0.25, -0.2) is 10.1 Å². The first-order valence-corrected chi connectivity index (χ1v) is 9.49. The van der Waals surface area contributed by atoms with E-state index in [0.717, 1.165) is 22.9 Å². The van der Waals surface area contributed by atoms with Gasteiger partial charge < -0.3 is 4.74 Å². The van der Waals surface area contributed by atoms with Crippen LogP contribution < -0.4 is 15.4 Å². The van der Waals surface area contributed by atoms with Gasteiger partial charge in [0.2, 0.25) is 0 Å². The maximum absolute atomic E-state index is 12.8. The van der Waals surface area contributed by atoms with Crippen LogP contribution in [0.1, 0.15) is 31.7 Å². The molecule has 0 spiro atoms. The van der Waals surface area contributed by atoms with Crippen molar-refractivity contribution in [3.05, 3.63) is 87.0 Å². The van der Waals surface area contributed by atoms with Crippen molar-refractivity contribution in [2.24, 2.45) is 0 Å². The van der Waals surface area contributed by atoms with Crippen LogP contribution in [0.3, 0.4) is 0 Å². The van der Waals surface area contributed by atoms with Gasteiger partial charge in [0.15, 0.2) is 5.43 Å². The Morgan fingerprint density at radius 2 is 1.83 bits per heavy atom. The summed E-state index contributed by atoms with van der Waals surface area (Å²) < 4.78 is 6.13. The lowest BCUT2D eigenvalue weighted by molar-refractivity contribution is 0.488. The van der Waals surface area contributed by atoms with Gasteiger partial charge >= 0.3 is 0 Å². The summed E-state index contributed by atoms with van der Waals surface area (Å²) in [7, 11) is 0. The molecular weight excluding hydrogens is 360 g/mol. The number of ether oxygens (including phenoxy) is 1. The van der Waals surface area contributed by atoms with Crippen LogP contribution in [0, 0.1) is 17.9 Å². The Morgan fingerprint density at radius 3 is 2.48 bits per heavy atom. The van der Waals surface area contributed by atoms with E-state index in [1.54, 1.807) is 18.2 Å². The van der Waals surface area contributed by atoms with Gasteiger partial charge in [-0.05, 0) is 47.6 Å². The zero-order valence-electron chi connectivity index (χ0n) is 16.2. The summed E-state index contributed by atoms with van der Waals surface area (Å²) in [5, 5.41) is 12.1. The van der Waals surface area contributed by atoms with Crippen LogP contribution in [0.25, 0.3) is 32.1 Å². The molecule has 0 fully saturated rings. The monoisotopic (exact) mass is 378 g/mol. The van der Waals surface area contributed by atoms with E-state index >= 15 is 0 Å². The van der Waals surface area contributed by atoms with E-state index in [-0.39, 0.29) is 16.3 Å². The van der Waals surface area contributed by atoms with Gasteiger partial charge in [0.25, 0.3) is 5.70 Å². The normalized spacial score (nSPS) is 13.1. The molecule has 4 heteroatoms. The molecule has 0 heterocycles. The van der Waals surface area contributed by atoms with Crippen LogP contribution in [0.2, 0.25) is 0 Å². The van der Waals surface area contributed by atoms with Crippen molar-refractivity contribution in [1.82, 2.24) is 0 Å². The van der Waals surface area contributed by atoms with Crippen molar-refractivity contribution in [1.29, 1.82) is 5.26 Å². The van der Waals surface area contributed by atoms with Gasteiger partial charge in [-0.15, -0.1) is 0 Å². The minimum Gasteiger partial charge on any atom is -0.457 e. The van der Waals surface area contributed by atoms with Gasteiger partial charge in [-0.3, -0.25) is 4.79 Å². The van der Waals surface area contributed by atoms with E-state index < -0.39 is 0 Å². The van der Waals surface area contributed by atoms with Crippen LogP contribution in [-0.2, 0) is 0 Å². The summed E-state index contributed by atoms with van der Waals surface area (Å²) in [4.78, 5) is 16.1. The van der Waals surface area contributed by atoms with Gasteiger partial charge in [0.05, 0.1) is 12.6 Å². The fraction of sp³-hybridized carbons (Fsp3) is 0.160. The van der Waals surface area contributed by atoms with E-state index in [1.807, 2.05) is 30.3 Å². The lowest BCUT2D eigenvalue weighted by atomic mass is 9.99. The van der Waals surface area contributed by atoms with Crippen molar-refractivity contribution in [2.75, 3.05) is 0 Å². The van der Waals surface area contributed by atoms with Crippen LogP contribution in [0.5, 0.6) is 11.5 Å². The molecular formula is C25H18N2O2. The van der Waals surface area contributed by atoms with Crippen LogP contribution >= 0.6 is 0 Å². The fourth-order valence-corrected chi connectivity index (χ4v) is 3.72. The first-order chi connectivity index (χ1) is 14.1. The molecule has 0 aliphatic rings. The van der Waals surface area contributed by atoms with Gasteiger partial charge in [-0.2, -0.15) is 0 Å². The lowest BCUT2D eigenvalue weighted by Crippen LogP contribution is -2.21. The average molecular weight is 378 g/mol. The summed E-state index contributed by atoms with van der Waals surface area (Å²) in [5.74, 6) is 1.85. The zero-order valence-corrected chi connectivity index (χ0v) is 16.2. The molecule has 0 saturated heterocycles. The highest BCUT2D eigenvalue weighted by atomic mass is 16.5. The molecule has 4 aromatic carbocycles. The molecule has 0 aliphatic heterocycles. The summed E-state index contributed by atoms with van der Waals surface area (Å²) >= 11 is 0. The number of nitrogens with zero attached hydrogens (tertiary/aromatic N) is 2. The van der Waals surface area contributed by atoms with Crippen LogP contribution in [0.4, 0.5) is 0 Å². The molecule has 1 atom stereocenters. The second-order valence-electron chi connectivity index (χ2n) is 7.10. The lowest BCUT2D eigenvalue weighted by Gasteiger charge is -2.12. The number of rotatable bonds is 4. The molecule has 4 aromatic rings. The van der Waals surface area contributed by atoms with Crippen molar-refractivity contribution in [3.63, 3.8) is 0 Å². The Labute approximate surface area is 168 Å². The van der Waals surface area contributed by atoms with Gasteiger partial charge in [0, 0.05) is 21.4 Å². The minimum absolute atomic E-state index is 0.179. The van der Waals surface area contributed by atoms with E-state index in [4.69, 9.17) is 11.3 Å². The molecule has 0 aromatic heterocycles. The molecule has 140 valence electrons. The first kappa shape index (κ1) is 18.5. The summed E-state index contributed by atoms with van der Waals surface area (Å²) in [6.07, 6.45) is 1.08. The molecule has 4 rings (SSSR count). The molecule has 29 heavy (non-hydrogen) atoms. The highest BCUT2D eigenvalue weighted by molar-refractivity contribution is 6.14. The number of hydrogen-bond donors (Lipinski definition) is 0. The summed E-state index contributed by atoms with van der Waals surface area (Å²) in [5.41, 5.74) is 0.804. The van der Waals surface area contributed by atoms with E-state index in [0.29, 0.717) is 22.4 Å². The molecule has 0 aliphatic carbocycles. The number of nitriles is 1. The Kier molecular flexibility index (Phi) is 4.63. The molecule has 1 unspecified atom stereocenters. The highest BCUT2D eigenvalue weighted by Crippen LogP contribution is 2.34. The van der Waals surface area contributed by atoms with Gasteiger partial charge in [0.1, 0.15) is 11.5 Å². The van der Waals surface area contributed by atoms with Crippen molar-refractivity contribution in [3.8, 4) is 17.6 Å². The molecule has 0 saturated carbocycles. The third-order valence-corrected chi connectivity index (χ3v) is 5.49. The first-order valence-electron chi connectivity index (χ1n) is 9.49. The maximum Gasteiger partial charge on any atom is 0.273 e. The topological polar surface area (TPSA) is 54.5 Å².